The van der Waals surface area contributed by atoms with Crippen LogP contribution in [0, 0.1) is 22.9 Å². The molecule has 0 amide bonds. The van der Waals surface area contributed by atoms with Crippen molar-refractivity contribution in [3.05, 3.63) is 51.7 Å². The van der Waals surface area contributed by atoms with Crippen LogP contribution in [0.3, 0.4) is 0 Å². The molecule has 0 unspecified atom stereocenters. The fraction of sp³-hybridized carbons (Fsp3) is 0.400. The van der Waals surface area contributed by atoms with E-state index in [0.29, 0.717) is 25.3 Å². The average Bonchev–Trinajstić information content (AvgIpc) is 2.93. The van der Waals surface area contributed by atoms with Gasteiger partial charge >= 0.3 is 0 Å². The second-order valence-corrected chi connectivity index (χ2v) is 5.58. The maximum atomic E-state index is 13.2. The first kappa shape index (κ1) is 15.4. The van der Waals surface area contributed by atoms with Crippen molar-refractivity contribution < 1.29 is 13.8 Å². The summed E-state index contributed by atoms with van der Waals surface area (Å²) in [5.74, 6) is 0.182. The smallest absolute Gasteiger partial charge is 0.295 e. The van der Waals surface area contributed by atoms with Crippen molar-refractivity contribution in [1.82, 2.24) is 10.1 Å². The molecule has 8 heteroatoms. The standard InChI is InChI=1S/C15H17FN4O3/c1-11-8-13(17-23-11)10-18-4-6-19(7-5-18)14-3-2-12(16)9-15(14)20(21)22/h2-3,8-9H,4-7,10H2,1H3. The first-order valence-corrected chi connectivity index (χ1v) is 7.36. The van der Waals surface area contributed by atoms with Crippen LogP contribution in [-0.4, -0.2) is 41.2 Å². The summed E-state index contributed by atoms with van der Waals surface area (Å²) in [6, 6.07) is 5.61. The highest BCUT2D eigenvalue weighted by Gasteiger charge is 2.24. The topological polar surface area (TPSA) is 75.7 Å². The van der Waals surface area contributed by atoms with E-state index in [2.05, 4.69) is 10.1 Å². The van der Waals surface area contributed by atoms with Gasteiger partial charge in [0, 0.05) is 38.8 Å². The number of anilines is 1. The Kier molecular flexibility index (Phi) is 4.24. The molecular weight excluding hydrogens is 303 g/mol. The number of benzene rings is 1. The predicted molar refractivity (Wildman–Crippen MR) is 81.8 cm³/mol. The average molecular weight is 320 g/mol. The van der Waals surface area contributed by atoms with E-state index in [1.807, 2.05) is 17.9 Å². The van der Waals surface area contributed by atoms with Crippen molar-refractivity contribution in [2.75, 3.05) is 31.1 Å². The SMILES string of the molecule is Cc1cc(CN2CCN(c3ccc(F)cc3[N+](=O)[O-])CC2)no1. The van der Waals surface area contributed by atoms with Gasteiger partial charge in [-0.15, -0.1) is 0 Å². The van der Waals surface area contributed by atoms with Crippen molar-refractivity contribution in [1.29, 1.82) is 0 Å². The number of hydrogen-bond donors (Lipinski definition) is 0. The van der Waals surface area contributed by atoms with E-state index < -0.39 is 10.7 Å². The number of rotatable bonds is 4. The first-order valence-electron chi connectivity index (χ1n) is 7.36. The highest BCUT2D eigenvalue weighted by atomic mass is 19.1. The van der Waals surface area contributed by atoms with Gasteiger partial charge in [-0.2, -0.15) is 0 Å². The maximum Gasteiger partial charge on any atom is 0.295 e. The fourth-order valence-corrected chi connectivity index (χ4v) is 2.78. The van der Waals surface area contributed by atoms with E-state index >= 15 is 0 Å². The lowest BCUT2D eigenvalue weighted by Crippen LogP contribution is -2.46. The van der Waals surface area contributed by atoms with Crippen molar-refractivity contribution in [3.63, 3.8) is 0 Å². The van der Waals surface area contributed by atoms with Gasteiger partial charge in [-0.3, -0.25) is 15.0 Å². The van der Waals surface area contributed by atoms with Gasteiger partial charge in [0.1, 0.15) is 17.3 Å². The van der Waals surface area contributed by atoms with Crippen LogP contribution in [0.4, 0.5) is 15.8 Å². The number of nitrogens with zero attached hydrogens (tertiary/aromatic N) is 4. The van der Waals surface area contributed by atoms with Gasteiger partial charge in [0.2, 0.25) is 0 Å². The number of piperazine rings is 1. The van der Waals surface area contributed by atoms with E-state index in [0.717, 1.165) is 30.6 Å². The summed E-state index contributed by atoms with van der Waals surface area (Å²) >= 11 is 0. The molecular formula is C15H17FN4O3. The minimum absolute atomic E-state index is 0.189. The van der Waals surface area contributed by atoms with Crippen molar-refractivity contribution in [3.8, 4) is 0 Å². The van der Waals surface area contributed by atoms with Gasteiger partial charge in [0.25, 0.3) is 5.69 Å². The first-order chi connectivity index (χ1) is 11.0. The van der Waals surface area contributed by atoms with Crippen LogP contribution in [0.25, 0.3) is 0 Å². The zero-order chi connectivity index (χ0) is 16.4. The third kappa shape index (κ3) is 3.48. The molecule has 23 heavy (non-hydrogen) atoms. The van der Waals surface area contributed by atoms with Crippen molar-refractivity contribution in [2.45, 2.75) is 13.5 Å². The molecule has 0 N–H and O–H groups in total. The number of aromatic nitrogens is 1. The quantitative estimate of drug-likeness (QED) is 0.636. The van der Waals surface area contributed by atoms with Gasteiger partial charge in [-0.1, -0.05) is 5.16 Å². The Labute approximate surface area is 132 Å². The molecule has 1 aliphatic rings. The van der Waals surface area contributed by atoms with Crippen molar-refractivity contribution >= 4 is 11.4 Å². The van der Waals surface area contributed by atoms with Gasteiger partial charge < -0.3 is 9.42 Å². The molecule has 2 heterocycles. The molecule has 1 aromatic heterocycles. The summed E-state index contributed by atoms with van der Waals surface area (Å²) < 4.78 is 18.3. The van der Waals surface area contributed by atoms with Crippen LogP contribution in [0.2, 0.25) is 0 Å². The van der Waals surface area contributed by atoms with Gasteiger partial charge in [-0.05, 0) is 19.1 Å². The lowest BCUT2D eigenvalue weighted by Gasteiger charge is -2.35. The molecule has 0 atom stereocenters. The molecule has 1 aliphatic heterocycles. The molecule has 0 saturated carbocycles. The Hall–Kier alpha value is -2.48. The third-order valence-corrected chi connectivity index (χ3v) is 3.91. The van der Waals surface area contributed by atoms with E-state index in [4.69, 9.17) is 4.52 Å². The molecule has 0 radical (unpaired) electrons. The Morgan fingerprint density at radius 3 is 2.65 bits per heavy atom. The lowest BCUT2D eigenvalue weighted by atomic mass is 10.2. The van der Waals surface area contributed by atoms with E-state index in [-0.39, 0.29) is 5.69 Å². The summed E-state index contributed by atoms with van der Waals surface area (Å²) in [4.78, 5) is 14.7. The van der Waals surface area contributed by atoms with Gasteiger partial charge in [-0.25, -0.2) is 4.39 Å². The Morgan fingerprint density at radius 2 is 2.04 bits per heavy atom. The second-order valence-electron chi connectivity index (χ2n) is 5.58. The minimum Gasteiger partial charge on any atom is -0.363 e. The molecule has 122 valence electrons. The highest BCUT2D eigenvalue weighted by Crippen LogP contribution is 2.29. The minimum atomic E-state index is -0.597. The predicted octanol–water partition coefficient (Wildman–Crippen LogP) is 2.35. The molecule has 3 rings (SSSR count). The largest absolute Gasteiger partial charge is 0.363 e. The second kappa shape index (κ2) is 6.33. The van der Waals surface area contributed by atoms with Crippen LogP contribution in [0.1, 0.15) is 11.5 Å². The summed E-state index contributed by atoms with van der Waals surface area (Å²) in [6.45, 7) is 5.33. The summed E-state index contributed by atoms with van der Waals surface area (Å²) in [7, 11) is 0. The fourth-order valence-electron chi connectivity index (χ4n) is 2.78. The summed E-state index contributed by atoms with van der Waals surface area (Å²) in [5, 5.41) is 15.1. The molecule has 0 bridgehead atoms. The Balaban J connectivity index is 1.66. The number of aryl methyl sites for hydroxylation is 1. The molecule has 0 aliphatic carbocycles. The van der Waals surface area contributed by atoms with Crippen LogP contribution in [0.5, 0.6) is 0 Å². The molecule has 1 aromatic carbocycles. The normalized spacial score (nSPS) is 15.8. The number of hydrogen-bond acceptors (Lipinski definition) is 6. The van der Waals surface area contributed by atoms with Crippen molar-refractivity contribution in [2.24, 2.45) is 0 Å². The molecule has 1 saturated heterocycles. The van der Waals surface area contributed by atoms with Gasteiger partial charge in [0.05, 0.1) is 16.7 Å². The molecule has 2 aromatic rings. The third-order valence-electron chi connectivity index (χ3n) is 3.91. The number of nitro groups is 1. The molecule has 0 spiro atoms. The maximum absolute atomic E-state index is 13.2. The molecule has 1 fully saturated rings. The van der Waals surface area contributed by atoms with Gasteiger partial charge in [0.15, 0.2) is 0 Å². The summed E-state index contributed by atoms with van der Waals surface area (Å²) in [5.41, 5.74) is 1.16. The summed E-state index contributed by atoms with van der Waals surface area (Å²) in [6.07, 6.45) is 0. The Morgan fingerprint density at radius 1 is 1.30 bits per heavy atom. The Bertz CT molecular complexity index is 710. The monoisotopic (exact) mass is 320 g/mol. The lowest BCUT2D eigenvalue weighted by molar-refractivity contribution is -0.384. The van der Waals surface area contributed by atoms with Crippen LogP contribution >= 0.6 is 0 Å². The number of halogens is 1. The van der Waals surface area contributed by atoms with E-state index in [1.54, 1.807) is 0 Å². The van der Waals surface area contributed by atoms with Crippen LogP contribution < -0.4 is 4.90 Å². The highest BCUT2D eigenvalue weighted by molar-refractivity contribution is 5.63. The molecule has 7 nitrogen and oxygen atoms in total. The number of nitro benzene ring substituents is 1. The zero-order valence-corrected chi connectivity index (χ0v) is 12.7. The van der Waals surface area contributed by atoms with E-state index in [9.17, 15) is 14.5 Å². The van der Waals surface area contributed by atoms with Crippen LogP contribution in [0.15, 0.2) is 28.8 Å². The van der Waals surface area contributed by atoms with Crippen LogP contribution in [-0.2, 0) is 6.54 Å². The van der Waals surface area contributed by atoms with E-state index in [1.165, 1.54) is 12.1 Å². The zero-order valence-electron chi connectivity index (χ0n) is 12.7.